The Morgan fingerprint density at radius 2 is 1.91 bits per heavy atom. The lowest BCUT2D eigenvalue weighted by Crippen LogP contribution is -2.03. The molecular formula is C20H21NO2. The summed E-state index contributed by atoms with van der Waals surface area (Å²) in [7, 11) is 0. The lowest BCUT2D eigenvalue weighted by Gasteiger charge is -2.13. The first-order chi connectivity index (χ1) is 11.1. The van der Waals surface area contributed by atoms with Crippen molar-refractivity contribution >= 4 is 16.9 Å². The Balaban J connectivity index is 1.85. The van der Waals surface area contributed by atoms with Crippen LogP contribution in [0.4, 0.5) is 0 Å². The molecule has 0 aliphatic carbocycles. The van der Waals surface area contributed by atoms with Crippen molar-refractivity contribution in [2.75, 3.05) is 0 Å². The number of carboxylic acid groups (broad SMARTS) is 1. The maximum absolute atomic E-state index is 11.2. The fraction of sp³-hybridized carbons (Fsp3) is 0.250. The van der Waals surface area contributed by atoms with Crippen LogP contribution in [0.1, 0.15) is 40.7 Å². The topological polar surface area (TPSA) is 42.2 Å². The average Bonchev–Trinajstić information content (AvgIpc) is 2.89. The van der Waals surface area contributed by atoms with Gasteiger partial charge in [0.1, 0.15) is 0 Å². The maximum atomic E-state index is 11.2. The highest BCUT2D eigenvalue weighted by atomic mass is 16.4. The molecule has 0 saturated heterocycles. The van der Waals surface area contributed by atoms with Crippen LogP contribution in [-0.4, -0.2) is 15.6 Å². The quantitative estimate of drug-likeness (QED) is 0.732. The van der Waals surface area contributed by atoms with Gasteiger partial charge in [-0.3, -0.25) is 0 Å². The predicted molar refractivity (Wildman–Crippen MR) is 93.1 cm³/mol. The molecule has 0 bridgehead atoms. The highest BCUT2D eigenvalue weighted by Crippen LogP contribution is 2.25. The van der Waals surface area contributed by atoms with Gasteiger partial charge in [-0.25, -0.2) is 4.79 Å². The number of benzene rings is 2. The Kier molecular flexibility index (Phi) is 4.20. The molecule has 3 heteroatoms. The number of nitrogens with zero attached hydrogens (tertiary/aromatic N) is 1. The van der Waals surface area contributed by atoms with E-state index in [4.69, 9.17) is 0 Å². The van der Waals surface area contributed by atoms with Gasteiger partial charge in [-0.1, -0.05) is 43.3 Å². The molecule has 0 aliphatic rings. The van der Waals surface area contributed by atoms with Crippen molar-refractivity contribution in [2.45, 2.75) is 32.7 Å². The van der Waals surface area contributed by atoms with Gasteiger partial charge < -0.3 is 9.67 Å². The normalized spacial score (nSPS) is 12.4. The van der Waals surface area contributed by atoms with E-state index < -0.39 is 5.97 Å². The molecule has 1 N–H and O–H groups in total. The predicted octanol–water partition coefficient (Wildman–Crippen LogP) is 4.84. The van der Waals surface area contributed by atoms with Crippen molar-refractivity contribution in [3.05, 3.63) is 71.4 Å². The minimum absolute atomic E-state index is 0.341. The summed E-state index contributed by atoms with van der Waals surface area (Å²) in [6, 6.07) is 15.9. The zero-order valence-electron chi connectivity index (χ0n) is 13.5. The van der Waals surface area contributed by atoms with Crippen molar-refractivity contribution < 1.29 is 9.90 Å². The Labute approximate surface area is 136 Å². The van der Waals surface area contributed by atoms with E-state index in [0.29, 0.717) is 11.5 Å². The van der Waals surface area contributed by atoms with Crippen molar-refractivity contribution in [1.82, 2.24) is 4.57 Å². The van der Waals surface area contributed by atoms with Crippen LogP contribution in [0.5, 0.6) is 0 Å². The number of fused-ring (bicyclic) bond motifs is 1. The minimum atomic E-state index is -0.880. The third kappa shape index (κ3) is 3.14. The van der Waals surface area contributed by atoms with Crippen LogP contribution in [0, 0.1) is 6.92 Å². The van der Waals surface area contributed by atoms with Crippen LogP contribution in [0.15, 0.2) is 54.7 Å². The number of carbonyl (C=O) groups is 1. The van der Waals surface area contributed by atoms with E-state index in [2.05, 4.69) is 48.9 Å². The molecule has 0 fully saturated rings. The van der Waals surface area contributed by atoms with E-state index in [1.54, 1.807) is 12.1 Å². The zero-order chi connectivity index (χ0) is 16.4. The largest absolute Gasteiger partial charge is 0.478 e. The van der Waals surface area contributed by atoms with Crippen LogP contribution in [0.25, 0.3) is 10.9 Å². The number of carboxylic acids is 1. The van der Waals surface area contributed by atoms with E-state index in [1.165, 1.54) is 11.1 Å². The second kappa shape index (κ2) is 6.29. The summed E-state index contributed by atoms with van der Waals surface area (Å²) < 4.78 is 2.18. The Hall–Kier alpha value is -2.55. The van der Waals surface area contributed by atoms with Gasteiger partial charge in [0, 0.05) is 23.6 Å². The monoisotopic (exact) mass is 307 g/mol. The van der Waals surface area contributed by atoms with E-state index in [0.717, 1.165) is 23.9 Å². The molecule has 118 valence electrons. The minimum Gasteiger partial charge on any atom is -0.478 e. The summed E-state index contributed by atoms with van der Waals surface area (Å²) in [6.07, 6.45) is 3.14. The Morgan fingerprint density at radius 3 is 2.61 bits per heavy atom. The zero-order valence-corrected chi connectivity index (χ0v) is 13.5. The maximum Gasteiger partial charge on any atom is 0.335 e. The molecule has 3 aromatic rings. The summed E-state index contributed by atoms with van der Waals surface area (Å²) in [5.41, 5.74) is 3.87. The smallest absolute Gasteiger partial charge is 0.335 e. The molecule has 0 amide bonds. The van der Waals surface area contributed by atoms with Crippen LogP contribution in [-0.2, 0) is 6.54 Å². The van der Waals surface area contributed by atoms with Crippen LogP contribution in [0.3, 0.4) is 0 Å². The van der Waals surface area contributed by atoms with Gasteiger partial charge in [0.25, 0.3) is 0 Å². The second-order valence-corrected chi connectivity index (χ2v) is 6.14. The molecule has 1 atom stereocenters. The van der Waals surface area contributed by atoms with Gasteiger partial charge in [0.2, 0.25) is 0 Å². The van der Waals surface area contributed by atoms with Gasteiger partial charge in [-0.05, 0) is 42.5 Å². The Bertz CT molecular complexity index is 833. The fourth-order valence-corrected chi connectivity index (χ4v) is 3.07. The van der Waals surface area contributed by atoms with Crippen LogP contribution in [0.2, 0.25) is 0 Å². The van der Waals surface area contributed by atoms with E-state index in [-0.39, 0.29) is 0 Å². The highest BCUT2D eigenvalue weighted by Gasteiger charge is 2.11. The molecule has 0 spiro atoms. The van der Waals surface area contributed by atoms with Crippen molar-refractivity contribution in [3.8, 4) is 0 Å². The van der Waals surface area contributed by atoms with Crippen LogP contribution < -0.4 is 0 Å². The molecule has 23 heavy (non-hydrogen) atoms. The first kappa shape index (κ1) is 15.3. The molecule has 0 radical (unpaired) electrons. The van der Waals surface area contributed by atoms with E-state index in [1.807, 2.05) is 12.1 Å². The van der Waals surface area contributed by atoms with Gasteiger partial charge in [-0.15, -0.1) is 0 Å². The molecule has 0 aliphatic heterocycles. The molecule has 0 saturated carbocycles. The van der Waals surface area contributed by atoms with Gasteiger partial charge in [-0.2, -0.15) is 0 Å². The number of aromatic nitrogens is 1. The highest BCUT2D eigenvalue weighted by molar-refractivity contribution is 5.94. The molecule has 3 rings (SSSR count). The Morgan fingerprint density at radius 1 is 1.17 bits per heavy atom. The first-order valence-corrected chi connectivity index (χ1v) is 7.94. The molecule has 2 aromatic carbocycles. The summed E-state index contributed by atoms with van der Waals surface area (Å²) in [6.45, 7) is 5.18. The third-order valence-corrected chi connectivity index (χ3v) is 4.50. The third-order valence-electron chi connectivity index (χ3n) is 4.50. The summed E-state index contributed by atoms with van der Waals surface area (Å²) in [5.74, 6) is -0.411. The lowest BCUT2D eigenvalue weighted by molar-refractivity contribution is 0.0697. The number of hydrogen-bond acceptors (Lipinski definition) is 1. The number of hydrogen-bond donors (Lipinski definition) is 1. The van der Waals surface area contributed by atoms with Crippen LogP contribution >= 0.6 is 0 Å². The van der Waals surface area contributed by atoms with Gasteiger partial charge >= 0.3 is 5.97 Å². The van der Waals surface area contributed by atoms with E-state index in [9.17, 15) is 9.90 Å². The number of rotatable bonds is 5. The molecule has 1 heterocycles. The summed E-state index contributed by atoms with van der Waals surface area (Å²) in [4.78, 5) is 11.2. The molecule has 1 aromatic heterocycles. The van der Waals surface area contributed by atoms with Crippen molar-refractivity contribution in [2.24, 2.45) is 0 Å². The average molecular weight is 307 g/mol. The molecular weight excluding hydrogens is 286 g/mol. The second-order valence-electron chi connectivity index (χ2n) is 6.14. The summed E-state index contributed by atoms with van der Waals surface area (Å²) >= 11 is 0. The van der Waals surface area contributed by atoms with Gasteiger partial charge in [0.05, 0.1) is 5.56 Å². The fourth-order valence-electron chi connectivity index (χ4n) is 3.07. The van der Waals surface area contributed by atoms with E-state index >= 15 is 0 Å². The lowest BCUT2D eigenvalue weighted by atomic mass is 9.98. The summed E-state index contributed by atoms with van der Waals surface area (Å²) in [5, 5.41) is 10.3. The standard InChI is InChI=1S/C20H21NO2/c1-14(16-6-4-3-5-7-16)10-11-21-13-15(2)18-9-8-17(20(22)23)12-19(18)21/h3-9,12-14H,10-11H2,1-2H3,(H,22,23). The SMILES string of the molecule is Cc1cn(CCC(C)c2ccccc2)c2cc(C(=O)O)ccc12. The first-order valence-electron chi connectivity index (χ1n) is 7.94. The van der Waals surface area contributed by atoms with Crippen molar-refractivity contribution in [3.63, 3.8) is 0 Å². The number of aromatic carboxylic acids is 1. The molecule has 1 unspecified atom stereocenters. The molecule has 3 nitrogen and oxygen atoms in total. The van der Waals surface area contributed by atoms with Gasteiger partial charge in [0.15, 0.2) is 0 Å². The number of aryl methyl sites for hydroxylation is 2. The van der Waals surface area contributed by atoms with Crippen molar-refractivity contribution in [1.29, 1.82) is 0 Å².